The molecule has 2 saturated carbocycles. The first-order chi connectivity index (χ1) is 15.2. The van der Waals surface area contributed by atoms with E-state index in [2.05, 4.69) is 29.8 Å². The maximum absolute atomic E-state index is 12.9. The summed E-state index contributed by atoms with van der Waals surface area (Å²) in [5.41, 5.74) is 8.14. The quantitative estimate of drug-likeness (QED) is 0.746. The predicted octanol–water partition coefficient (Wildman–Crippen LogP) is 4.04. The van der Waals surface area contributed by atoms with Crippen molar-refractivity contribution in [3.8, 4) is 11.3 Å². The third kappa shape index (κ3) is 4.12. The number of fused-ring (bicyclic) bond motifs is 1. The first-order valence-electron chi connectivity index (χ1n) is 11.4. The van der Waals surface area contributed by atoms with Crippen molar-refractivity contribution >= 4 is 5.82 Å². The summed E-state index contributed by atoms with van der Waals surface area (Å²) < 4.78 is 46.3. The highest BCUT2D eigenvalue weighted by molar-refractivity contribution is 5.62. The van der Waals surface area contributed by atoms with Crippen molar-refractivity contribution in [3.63, 3.8) is 0 Å². The molecule has 9 heteroatoms. The molecule has 0 spiro atoms. The molecule has 3 heterocycles. The lowest BCUT2D eigenvalue weighted by atomic mass is 10.0. The maximum Gasteiger partial charge on any atom is 0.393 e. The van der Waals surface area contributed by atoms with Crippen LogP contribution in [0.3, 0.4) is 0 Å². The van der Waals surface area contributed by atoms with Crippen LogP contribution < -0.4 is 5.73 Å². The molecule has 0 bridgehead atoms. The van der Waals surface area contributed by atoms with Gasteiger partial charge in [-0.05, 0) is 50.7 Å². The summed E-state index contributed by atoms with van der Waals surface area (Å²) in [7, 11) is 0. The van der Waals surface area contributed by atoms with Crippen molar-refractivity contribution < 1.29 is 17.9 Å². The molecule has 3 fully saturated rings. The number of hydrogen-bond donors (Lipinski definition) is 1. The zero-order valence-electron chi connectivity index (χ0n) is 18.5. The number of ether oxygens (including phenoxy) is 1. The van der Waals surface area contributed by atoms with Crippen LogP contribution in [0.15, 0.2) is 18.3 Å². The van der Waals surface area contributed by atoms with Crippen LogP contribution in [-0.4, -0.2) is 58.2 Å². The minimum Gasteiger partial charge on any atom is -0.383 e. The Bertz CT molecular complexity index is 970. The Morgan fingerprint density at radius 2 is 1.84 bits per heavy atom. The summed E-state index contributed by atoms with van der Waals surface area (Å²) in [6, 6.07) is 4.35. The van der Waals surface area contributed by atoms with E-state index in [0.29, 0.717) is 35.1 Å². The Morgan fingerprint density at radius 1 is 1.16 bits per heavy atom. The number of nitrogens with two attached hydrogens (primary N) is 1. The number of pyridine rings is 1. The molecule has 2 aromatic heterocycles. The van der Waals surface area contributed by atoms with E-state index in [1.807, 2.05) is 4.68 Å². The lowest BCUT2D eigenvalue weighted by Gasteiger charge is -2.33. The van der Waals surface area contributed by atoms with Crippen LogP contribution in [0.25, 0.3) is 11.3 Å². The summed E-state index contributed by atoms with van der Waals surface area (Å²) in [6.07, 6.45) is -1.50. The SMILES string of the molecule is CC(C)n1nc(-c2cnc(N)c(CC(F)(F)F)c2)cc1[C@H]1[C@@H]2CC(N3CCOCC3)C[C@@H]21. The number of morpholine rings is 1. The van der Waals surface area contributed by atoms with Gasteiger partial charge in [0.1, 0.15) is 5.82 Å². The van der Waals surface area contributed by atoms with Crippen LogP contribution in [0.1, 0.15) is 49.9 Å². The zero-order valence-corrected chi connectivity index (χ0v) is 18.5. The normalized spacial score (nSPS) is 28.3. The topological polar surface area (TPSA) is 69.2 Å². The molecule has 4 atom stereocenters. The van der Waals surface area contributed by atoms with Gasteiger partial charge in [0.15, 0.2) is 0 Å². The smallest absolute Gasteiger partial charge is 0.383 e. The van der Waals surface area contributed by atoms with Gasteiger partial charge in [-0.15, -0.1) is 0 Å². The molecule has 3 aliphatic rings. The number of anilines is 1. The average Bonchev–Trinajstić information content (AvgIpc) is 3.09. The minimum atomic E-state index is -4.33. The van der Waals surface area contributed by atoms with Crippen molar-refractivity contribution in [2.75, 3.05) is 32.0 Å². The number of nitrogens with zero attached hydrogens (tertiary/aromatic N) is 4. The number of aromatic nitrogens is 3. The average molecular weight is 450 g/mol. The van der Waals surface area contributed by atoms with Gasteiger partial charge in [-0.3, -0.25) is 9.58 Å². The Kier molecular flexibility index (Phi) is 5.44. The molecular weight excluding hydrogens is 419 g/mol. The van der Waals surface area contributed by atoms with Crippen molar-refractivity contribution in [2.24, 2.45) is 11.8 Å². The number of rotatable bonds is 5. The lowest BCUT2D eigenvalue weighted by Crippen LogP contribution is -2.43. The fraction of sp³-hybridized carbons (Fsp3) is 0.652. The molecule has 2 aliphatic carbocycles. The minimum absolute atomic E-state index is 0.00714. The van der Waals surface area contributed by atoms with Gasteiger partial charge in [0, 0.05) is 54.1 Å². The highest BCUT2D eigenvalue weighted by atomic mass is 19.4. The fourth-order valence-electron chi connectivity index (χ4n) is 5.72. The Hall–Kier alpha value is -2.13. The summed E-state index contributed by atoms with van der Waals surface area (Å²) in [6.45, 7) is 7.87. The highest BCUT2D eigenvalue weighted by Crippen LogP contribution is 2.64. The first kappa shape index (κ1) is 21.7. The molecule has 1 saturated heterocycles. The van der Waals surface area contributed by atoms with Gasteiger partial charge < -0.3 is 10.5 Å². The molecule has 0 aromatic carbocycles. The number of hydrogen-bond acceptors (Lipinski definition) is 5. The molecule has 2 N–H and O–H groups in total. The largest absolute Gasteiger partial charge is 0.393 e. The monoisotopic (exact) mass is 449 g/mol. The van der Waals surface area contributed by atoms with Gasteiger partial charge in [-0.1, -0.05) is 0 Å². The predicted molar refractivity (Wildman–Crippen MR) is 115 cm³/mol. The van der Waals surface area contributed by atoms with Crippen molar-refractivity contribution in [1.29, 1.82) is 0 Å². The van der Waals surface area contributed by atoms with Crippen LogP contribution in [-0.2, 0) is 11.2 Å². The fourth-order valence-corrected chi connectivity index (χ4v) is 5.72. The van der Waals surface area contributed by atoms with Gasteiger partial charge in [0.2, 0.25) is 0 Å². The summed E-state index contributed by atoms with van der Waals surface area (Å²) >= 11 is 0. The summed E-state index contributed by atoms with van der Waals surface area (Å²) in [4.78, 5) is 6.59. The zero-order chi connectivity index (χ0) is 22.6. The summed E-state index contributed by atoms with van der Waals surface area (Å²) in [5, 5.41) is 4.77. The second-order valence-corrected chi connectivity index (χ2v) is 9.68. The van der Waals surface area contributed by atoms with Gasteiger partial charge >= 0.3 is 6.18 Å². The first-order valence-corrected chi connectivity index (χ1v) is 11.4. The molecule has 174 valence electrons. The van der Waals surface area contributed by atoms with Gasteiger partial charge in [0.05, 0.1) is 25.3 Å². The Balaban J connectivity index is 1.36. The number of halogens is 3. The molecule has 32 heavy (non-hydrogen) atoms. The third-order valence-corrected chi connectivity index (χ3v) is 7.27. The third-order valence-electron chi connectivity index (χ3n) is 7.27. The van der Waals surface area contributed by atoms with Crippen molar-refractivity contribution in [3.05, 3.63) is 29.6 Å². The highest BCUT2D eigenvalue weighted by Gasteiger charge is 2.58. The Morgan fingerprint density at radius 3 is 2.47 bits per heavy atom. The molecule has 1 aliphatic heterocycles. The van der Waals surface area contributed by atoms with Crippen molar-refractivity contribution in [1.82, 2.24) is 19.7 Å². The van der Waals surface area contributed by atoms with E-state index in [1.165, 1.54) is 30.8 Å². The number of nitrogen functional groups attached to an aromatic ring is 1. The van der Waals surface area contributed by atoms with E-state index in [1.54, 1.807) is 0 Å². The van der Waals surface area contributed by atoms with E-state index in [-0.39, 0.29) is 17.4 Å². The maximum atomic E-state index is 12.9. The van der Waals surface area contributed by atoms with Crippen LogP contribution >= 0.6 is 0 Å². The van der Waals surface area contributed by atoms with Gasteiger partial charge in [-0.2, -0.15) is 18.3 Å². The summed E-state index contributed by atoms with van der Waals surface area (Å²) in [5.74, 6) is 1.72. The second-order valence-electron chi connectivity index (χ2n) is 9.68. The van der Waals surface area contributed by atoms with Gasteiger partial charge in [-0.25, -0.2) is 4.98 Å². The standard InChI is InChI=1S/C23H30F3N5O/c1-13(2)31-20(21-17-8-16(9-18(17)21)30-3-5-32-6-4-30)10-19(29-31)15-7-14(11-23(24,25)26)22(27)28-12-15/h7,10,12-13,16-18,21H,3-6,8-9,11H2,1-2H3,(H2,27,28)/t16?,17-,18+,21+. The van der Waals surface area contributed by atoms with Crippen LogP contribution in [0.4, 0.5) is 19.0 Å². The van der Waals surface area contributed by atoms with Crippen LogP contribution in [0.2, 0.25) is 0 Å². The molecule has 5 rings (SSSR count). The van der Waals surface area contributed by atoms with E-state index < -0.39 is 12.6 Å². The van der Waals surface area contributed by atoms with E-state index in [0.717, 1.165) is 26.3 Å². The molecule has 0 radical (unpaired) electrons. The van der Waals surface area contributed by atoms with Gasteiger partial charge in [0.25, 0.3) is 0 Å². The second kappa shape index (κ2) is 8.02. The molecule has 0 amide bonds. The number of alkyl halides is 3. The van der Waals surface area contributed by atoms with E-state index >= 15 is 0 Å². The van der Waals surface area contributed by atoms with Crippen molar-refractivity contribution in [2.45, 2.75) is 57.3 Å². The molecular formula is C23H30F3N5O. The lowest BCUT2D eigenvalue weighted by molar-refractivity contribution is -0.127. The Labute approximate surface area is 185 Å². The molecule has 1 unspecified atom stereocenters. The van der Waals surface area contributed by atoms with Crippen LogP contribution in [0.5, 0.6) is 0 Å². The molecule has 6 nitrogen and oxygen atoms in total. The van der Waals surface area contributed by atoms with E-state index in [4.69, 9.17) is 15.6 Å². The van der Waals surface area contributed by atoms with E-state index in [9.17, 15) is 13.2 Å². The molecule has 2 aromatic rings. The van der Waals surface area contributed by atoms with Crippen LogP contribution in [0, 0.1) is 11.8 Å².